The number of nitrogens with one attached hydrogen (secondary N) is 1. The number of methoxy groups -OCH3 is 3. The lowest BCUT2D eigenvalue weighted by atomic mass is 9.94. The van der Waals surface area contributed by atoms with Crippen molar-refractivity contribution in [1.82, 2.24) is 20.2 Å². The quantitative estimate of drug-likeness (QED) is 0.391. The lowest BCUT2D eigenvalue weighted by molar-refractivity contribution is -0.126. The fourth-order valence-corrected chi connectivity index (χ4v) is 5.06. The molecule has 1 fully saturated rings. The number of carbonyl (C=O) groups is 2. The third-order valence-corrected chi connectivity index (χ3v) is 7.04. The number of aromatic nitrogens is 2. The summed E-state index contributed by atoms with van der Waals surface area (Å²) in [4.78, 5) is 38.0. The van der Waals surface area contributed by atoms with Gasteiger partial charge in [0.05, 0.1) is 27.5 Å². The molecule has 2 aromatic carbocycles. The van der Waals surface area contributed by atoms with Gasteiger partial charge in [0.25, 0.3) is 5.91 Å². The van der Waals surface area contributed by atoms with Crippen molar-refractivity contribution in [3.05, 3.63) is 77.9 Å². The van der Waals surface area contributed by atoms with Crippen molar-refractivity contribution in [2.24, 2.45) is 0 Å². The van der Waals surface area contributed by atoms with Crippen molar-refractivity contribution in [2.75, 3.05) is 27.9 Å². The summed E-state index contributed by atoms with van der Waals surface area (Å²) in [5, 5.41) is 3.22. The van der Waals surface area contributed by atoms with E-state index < -0.39 is 11.9 Å². The summed E-state index contributed by atoms with van der Waals surface area (Å²) in [5.74, 6) is 0.555. The molecule has 39 heavy (non-hydrogen) atoms. The monoisotopic (exact) mass is 532 g/mol. The van der Waals surface area contributed by atoms with Crippen LogP contribution in [0.25, 0.3) is 0 Å². The molecule has 1 aliphatic rings. The first-order valence-corrected chi connectivity index (χ1v) is 13.3. The van der Waals surface area contributed by atoms with E-state index in [1.54, 1.807) is 17.0 Å². The summed E-state index contributed by atoms with van der Waals surface area (Å²) in [6.45, 7) is 0.277. The van der Waals surface area contributed by atoms with Crippen LogP contribution < -0.4 is 19.5 Å². The third-order valence-electron chi connectivity index (χ3n) is 7.04. The van der Waals surface area contributed by atoms with Crippen molar-refractivity contribution in [2.45, 2.75) is 50.6 Å². The van der Waals surface area contributed by atoms with Crippen LogP contribution in [0.3, 0.4) is 0 Å². The van der Waals surface area contributed by atoms with Gasteiger partial charge in [0.2, 0.25) is 11.7 Å². The number of hydrogen-bond donors (Lipinski definition) is 1. The molecule has 1 aromatic heterocycles. The molecule has 9 heteroatoms. The highest BCUT2D eigenvalue weighted by atomic mass is 16.5. The van der Waals surface area contributed by atoms with Gasteiger partial charge in [-0.25, -0.2) is 4.98 Å². The topological polar surface area (TPSA) is 103 Å². The number of amides is 2. The SMILES string of the molecule is COc1cc([C@H](C(=O)NC2CCCCC2)N(CCc2ccccc2)C(=O)c2cnccn2)cc(OC)c1OC. The fraction of sp³-hybridized carbons (Fsp3) is 0.400. The summed E-state index contributed by atoms with van der Waals surface area (Å²) in [6.07, 6.45) is 10.1. The number of rotatable bonds is 11. The average molecular weight is 533 g/mol. The lowest BCUT2D eigenvalue weighted by Gasteiger charge is -2.33. The molecule has 0 aliphatic heterocycles. The Morgan fingerprint density at radius 1 is 0.974 bits per heavy atom. The number of nitrogens with zero attached hydrogens (tertiary/aromatic N) is 3. The molecule has 4 rings (SSSR count). The van der Waals surface area contributed by atoms with Gasteiger partial charge >= 0.3 is 0 Å². The smallest absolute Gasteiger partial charge is 0.275 e. The van der Waals surface area contributed by atoms with Crippen LogP contribution in [-0.4, -0.2) is 60.6 Å². The standard InChI is InChI=1S/C30H36N4O5/c1-37-25-18-22(19-26(38-2)28(25)39-3)27(29(35)33-23-12-8-5-9-13-23)34(17-14-21-10-6-4-7-11-21)30(36)24-20-31-15-16-32-24/h4,6-7,10-11,15-16,18-20,23,27H,5,8-9,12-14,17H2,1-3H3,(H,33,35)/t27-/m1/s1. The second-order valence-corrected chi connectivity index (χ2v) is 9.53. The van der Waals surface area contributed by atoms with Crippen molar-refractivity contribution in [1.29, 1.82) is 0 Å². The first-order chi connectivity index (χ1) is 19.0. The molecule has 0 saturated heterocycles. The van der Waals surface area contributed by atoms with E-state index in [1.807, 2.05) is 30.3 Å². The number of ether oxygens (including phenoxy) is 3. The van der Waals surface area contributed by atoms with E-state index in [-0.39, 0.29) is 24.2 Å². The van der Waals surface area contributed by atoms with E-state index in [4.69, 9.17) is 14.2 Å². The minimum atomic E-state index is -0.973. The van der Waals surface area contributed by atoms with Gasteiger partial charge in [0.15, 0.2) is 11.5 Å². The maximum absolute atomic E-state index is 14.1. The summed E-state index contributed by atoms with van der Waals surface area (Å²) in [7, 11) is 4.57. The fourth-order valence-electron chi connectivity index (χ4n) is 5.06. The van der Waals surface area contributed by atoms with Crippen molar-refractivity contribution < 1.29 is 23.8 Å². The molecule has 1 atom stereocenters. The van der Waals surface area contributed by atoms with Crippen molar-refractivity contribution in [3.8, 4) is 17.2 Å². The number of benzene rings is 2. The van der Waals surface area contributed by atoms with Crippen LogP contribution in [0.1, 0.15) is 59.8 Å². The van der Waals surface area contributed by atoms with E-state index in [1.165, 1.54) is 39.9 Å². The van der Waals surface area contributed by atoms with Crippen LogP contribution in [0.15, 0.2) is 61.1 Å². The highest BCUT2D eigenvalue weighted by molar-refractivity contribution is 5.96. The first-order valence-electron chi connectivity index (χ1n) is 13.3. The molecule has 1 N–H and O–H groups in total. The minimum Gasteiger partial charge on any atom is -0.493 e. The Kier molecular flexibility index (Phi) is 9.72. The average Bonchev–Trinajstić information content (AvgIpc) is 2.99. The van der Waals surface area contributed by atoms with Crippen LogP contribution in [0.2, 0.25) is 0 Å². The Morgan fingerprint density at radius 3 is 2.26 bits per heavy atom. The van der Waals surface area contributed by atoms with E-state index in [0.29, 0.717) is 29.2 Å². The van der Waals surface area contributed by atoms with Gasteiger partial charge in [0, 0.05) is 25.0 Å². The van der Waals surface area contributed by atoms with E-state index in [2.05, 4.69) is 15.3 Å². The first kappa shape index (κ1) is 27.9. The molecule has 3 aromatic rings. The summed E-state index contributed by atoms with van der Waals surface area (Å²) in [6, 6.07) is 12.4. The molecule has 1 heterocycles. The van der Waals surface area contributed by atoms with E-state index in [0.717, 1.165) is 37.7 Å². The van der Waals surface area contributed by atoms with Gasteiger partial charge < -0.3 is 24.4 Å². The Labute approximate surface area is 229 Å². The van der Waals surface area contributed by atoms with Crippen LogP contribution in [-0.2, 0) is 11.2 Å². The maximum Gasteiger partial charge on any atom is 0.275 e. The summed E-state index contributed by atoms with van der Waals surface area (Å²) >= 11 is 0. The zero-order valence-electron chi connectivity index (χ0n) is 22.8. The highest BCUT2D eigenvalue weighted by Crippen LogP contribution is 2.41. The molecule has 0 spiro atoms. The Balaban J connectivity index is 1.80. The molecule has 0 unspecified atom stereocenters. The van der Waals surface area contributed by atoms with Crippen molar-refractivity contribution in [3.63, 3.8) is 0 Å². The van der Waals surface area contributed by atoms with Crippen LogP contribution in [0, 0.1) is 0 Å². The van der Waals surface area contributed by atoms with Gasteiger partial charge in [0.1, 0.15) is 11.7 Å². The number of hydrogen-bond acceptors (Lipinski definition) is 7. The van der Waals surface area contributed by atoms with Crippen LogP contribution >= 0.6 is 0 Å². The molecule has 1 saturated carbocycles. The maximum atomic E-state index is 14.1. The predicted molar refractivity (Wildman–Crippen MR) is 147 cm³/mol. The zero-order valence-corrected chi connectivity index (χ0v) is 22.8. The summed E-state index contributed by atoms with van der Waals surface area (Å²) in [5.41, 5.74) is 1.75. The Hall–Kier alpha value is -4.14. The van der Waals surface area contributed by atoms with Gasteiger partial charge in [-0.05, 0) is 42.5 Å². The molecule has 9 nitrogen and oxygen atoms in total. The molecular weight excluding hydrogens is 496 g/mol. The molecule has 0 bridgehead atoms. The van der Waals surface area contributed by atoms with Gasteiger partial charge in [-0.2, -0.15) is 0 Å². The molecule has 206 valence electrons. The largest absolute Gasteiger partial charge is 0.493 e. The zero-order chi connectivity index (χ0) is 27.6. The van der Waals surface area contributed by atoms with Crippen molar-refractivity contribution >= 4 is 11.8 Å². The minimum absolute atomic E-state index is 0.0541. The van der Waals surface area contributed by atoms with Gasteiger partial charge in [-0.3, -0.25) is 14.6 Å². The molecule has 2 amide bonds. The number of carbonyl (C=O) groups excluding carboxylic acids is 2. The van der Waals surface area contributed by atoms with Crippen LogP contribution in [0.5, 0.6) is 17.2 Å². The molecular formula is C30H36N4O5. The van der Waals surface area contributed by atoms with Gasteiger partial charge in [-0.15, -0.1) is 0 Å². The Bertz CT molecular complexity index is 1210. The molecule has 0 radical (unpaired) electrons. The third kappa shape index (κ3) is 6.85. The van der Waals surface area contributed by atoms with E-state index in [9.17, 15) is 9.59 Å². The second kappa shape index (κ2) is 13.6. The molecule has 1 aliphatic carbocycles. The normalized spacial score (nSPS) is 14.2. The van der Waals surface area contributed by atoms with E-state index >= 15 is 0 Å². The van der Waals surface area contributed by atoms with Crippen LogP contribution in [0.4, 0.5) is 0 Å². The van der Waals surface area contributed by atoms with Gasteiger partial charge in [-0.1, -0.05) is 49.6 Å². The lowest BCUT2D eigenvalue weighted by Crippen LogP contribution is -2.48. The Morgan fingerprint density at radius 2 is 1.67 bits per heavy atom. The highest BCUT2D eigenvalue weighted by Gasteiger charge is 2.35. The second-order valence-electron chi connectivity index (χ2n) is 9.53. The predicted octanol–water partition coefficient (Wildman–Crippen LogP) is 4.38. The summed E-state index contributed by atoms with van der Waals surface area (Å²) < 4.78 is 16.7.